The first-order chi connectivity index (χ1) is 9.86. The van der Waals surface area contributed by atoms with Crippen molar-refractivity contribution in [2.45, 2.75) is 19.3 Å². The smallest absolute Gasteiger partial charge is 0.222 e. The van der Waals surface area contributed by atoms with Crippen molar-refractivity contribution in [1.29, 1.82) is 0 Å². The molecule has 21 heavy (non-hydrogen) atoms. The van der Waals surface area contributed by atoms with Gasteiger partial charge in [0.05, 0.1) is 6.61 Å². The number of hydrogen-bond acceptors (Lipinski definition) is 3. The van der Waals surface area contributed by atoms with Gasteiger partial charge in [0.2, 0.25) is 5.91 Å². The van der Waals surface area contributed by atoms with Crippen LogP contribution < -0.4 is 5.32 Å². The molecule has 0 bridgehead atoms. The van der Waals surface area contributed by atoms with Crippen molar-refractivity contribution >= 4 is 18.3 Å². The molecule has 1 saturated heterocycles. The second kappa shape index (κ2) is 10.6. The number of carbonyl (C=O) groups excluding carboxylic acids is 1. The number of piperazine rings is 1. The Balaban J connectivity index is 0.00000220. The molecule has 0 aliphatic carbocycles. The van der Waals surface area contributed by atoms with Gasteiger partial charge in [0.15, 0.2) is 0 Å². The summed E-state index contributed by atoms with van der Waals surface area (Å²) in [6.07, 6.45) is 2.36. The molecule has 0 aromatic heterocycles. The normalized spacial score (nSPS) is 14.6. The highest BCUT2D eigenvalue weighted by Crippen LogP contribution is 2.02. The lowest BCUT2D eigenvalue weighted by atomic mass is 10.2. The number of benzene rings is 1. The van der Waals surface area contributed by atoms with E-state index in [9.17, 15) is 4.79 Å². The third-order valence-corrected chi connectivity index (χ3v) is 3.53. The van der Waals surface area contributed by atoms with E-state index >= 15 is 0 Å². The molecular formula is C16H25ClN2O2. The number of rotatable bonds is 7. The number of hydrogen-bond donors (Lipinski definition) is 1. The lowest BCUT2D eigenvalue weighted by Gasteiger charge is -2.27. The zero-order valence-corrected chi connectivity index (χ0v) is 13.2. The van der Waals surface area contributed by atoms with Gasteiger partial charge in [-0.05, 0) is 18.4 Å². The van der Waals surface area contributed by atoms with Crippen molar-refractivity contribution in [1.82, 2.24) is 10.2 Å². The summed E-state index contributed by atoms with van der Waals surface area (Å²) in [6.45, 7) is 4.91. The van der Waals surface area contributed by atoms with Crippen LogP contribution in [0.1, 0.15) is 18.4 Å². The first kappa shape index (κ1) is 18.0. The molecule has 1 aliphatic rings. The summed E-state index contributed by atoms with van der Waals surface area (Å²) in [5, 5.41) is 3.25. The lowest BCUT2D eigenvalue weighted by molar-refractivity contribution is -0.132. The maximum atomic E-state index is 11.9. The number of halogens is 1. The molecule has 4 nitrogen and oxygen atoms in total. The van der Waals surface area contributed by atoms with Gasteiger partial charge in [0.1, 0.15) is 0 Å². The van der Waals surface area contributed by atoms with E-state index in [0.29, 0.717) is 13.0 Å². The average molecular weight is 313 g/mol. The maximum absolute atomic E-state index is 11.9. The fraction of sp³-hybridized carbons (Fsp3) is 0.562. The molecule has 118 valence electrons. The molecule has 5 heteroatoms. The van der Waals surface area contributed by atoms with Gasteiger partial charge >= 0.3 is 0 Å². The van der Waals surface area contributed by atoms with Gasteiger partial charge in [-0.15, -0.1) is 12.4 Å². The number of carbonyl (C=O) groups is 1. The van der Waals surface area contributed by atoms with Crippen molar-refractivity contribution in [2.24, 2.45) is 0 Å². The Kier molecular flexibility index (Phi) is 9.06. The molecule has 1 N–H and O–H groups in total. The molecule has 1 amide bonds. The number of nitrogens with one attached hydrogen (secondary N) is 1. The predicted octanol–water partition coefficient (Wildman–Crippen LogP) is 1.88. The first-order valence-electron chi connectivity index (χ1n) is 7.46. The zero-order valence-electron chi connectivity index (χ0n) is 12.4. The minimum absolute atomic E-state index is 0. The van der Waals surface area contributed by atoms with Gasteiger partial charge in [-0.1, -0.05) is 30.3 Å². The molecule has 0 atom stereocenters. The molecular weight excluding hydrogens is 288 g/mol. The molecule has 0 spiro atoms. The van der Waals surface area contributed by atoms with E-state index in [2.05, 4.69) is 17.4 Å². The highest BCUT2D eigenvalue weighted by Gasteiger charge is 2.15. The molecule has 1 fully saturated rings. The van der Waals surface area contributed by atoms with Gasteiger partial charge < -0.3 is 15.0 Å². The Labute approximate surface area is 133 Å². The van der Waals surface area contributed by atoms with Crippen LogP contribution in [0.15, 0.2) is 30.3 Å². The van der Waals surface area contributed by atoms with Crippen LogP contribution in [-0.2, 0) is 16.0 Å². The van der Waals surface area contributed by atoms with E-state index in [4.69, 9.17) is 4.74 Å². The van der Waals surface area contributed by atoms with Crippen molar-refractivity contribution in [2.75, 3.05) is 39.4 Å². The summed E-state index contributed by atoms with van der Waals surface area (Å²) < 4.78 is 5.59. The average Bonchev–Trinajstić information content (AvgIpc) is 2.52. The van der Waals surface area contributed by atoms with Crippen LogP contribution in [0.5, 0.6) is 0 Å². The standard InChI is InChI=1S/C16H24N2O2.ClH/c19-16(18-11-9-17-10-12-18)7-4-13-20-14-8-15-5-2-1-3-6-15;/h1-3,5-6,17H,4,7-14H2;1H. The van der Waals surface area contributed by atoms with Crippen LogP contribution in [0.3, 0.4) is 0 Å². The van der Waals surface area contributed by atoms with E-state index in [1.54, 1.807) is 0 Å². The Morgan fingerprint density at radius 3 is 2.57 bits per heavy atom. The second-order valence-corrected chi connectivity index (χ2v) is 5.08. The van der Waals surface area contributed by atoms with Gasteiger partial charge in [-0.25, -0.2) is 0 Å². The highest BCUT2D eigenvalue weighted by molar-refractivity contribution is 5.85. The van der Waals surface area contributed by atoms with Crippen LogP contribution in [0.2, 0.25) is 0 Å². The van der Waals surface area contributed by atoms with Crippen LogP contribution in [-0.4, -0.2) is 50.2 Å². The molecule has 0 radical (unpaired) electrons. The summed E-state index contributed by atoms with van der Waals surface area (Å²) in [6, 6.07) is 10.3. The fourth-order valence-electron chi connectivity index (χ4n) is 2.33. The summed E-state index contributed by atoms with van der Waals surface area (Å²) >= 11 is 0. The van der Waals surface area contributed by atoms with Crippen LogP contribution in [0, 0.1) is 0 Å². The predicted molar refractivity (Wildman–Crippen MR) is 86.9 cm³/mol. The van der Waals surface area contributed by atoms with Crippen molar-refractivity contribution in [3.8, 4) is 0 Å². The Morgan fingerprint density at radius 1 is 1.14 bits per heavy atom. The highest BCUT2D eigenvalue weighted by atomic mass is 35.5. The van der Waals surface area contributed by atoms with E-state index in [-0.39, 0.29) is 18.3 Å². The molecule has 1 aromatic carbocycles. The van der Waals surface area contributed by atoms with Gasteiger partial charge in [-0.3, -0.25) is 4.79 Å². The summed E-state index contributed by atoms with van der Waals surface area (Å²) in [5.74, 6) is 0.262. The molecule has 1 aliphatic heterocycles. The monoisotopic (exact) mass is 312 g/mol. The SMILES string of the molecule is Cl.O=C(CCCOCCc1ccccc1)N1CCNCC1. The minimum Gasteiger partial charge on any atom is -0.381 e. The lowest BCUT2D eigenvalue weighted by Crippen LogP contribution is -2.46. The topological polar surface area (TPSA) is 41.6 Å². The van der Waals surface area contributed by atoms with E-state index in [1.165, 1.54) is 5.56 Å². The second-order valence-electron chi connectivity index (χ2n) is 5.08. The molecule has 1 heterocycles. The Hall–Kier alpha value is -1.10. The third kappa shape index (κ3) is 6.93. The Bertz CT molecular complexity index is 395. The number of amides is 1. The van der Waals surface area contributed by atoms with Gasteiger partial charge in [0, 0.05) is 39.2 Å². The van der Waals surface area contributed by atoms with Gasteiger partial charge in [0.25, 0.3) is 0 Å². The number of nitrogens with zero attached hydrogens (tertiary/aromatic N) is 1. The van der Waals surface area contributed by atoms with Crippen molar-refractivity contribution in [3.05, 3.63) is 35.9 Å². The molecule has 1 aromatic rings. The fourth-order valence-corrected chi connectivity index (χ4v) is 2.33. The van der Waals surface area contributed by atoms with Crippen LogP contribution >= 0.6 is 12.4 Å². The van der Waals surface area contributed by atoms with Crippen molar-refractivity contribution in [3.63, 3.8) is 0 Å². The summed E-state index contributed by atoms with van der Waals surface area (Å²) in [5.41, 5.74) is 1.30. The molecule has 0 unspecified atom stereocenters. The number of ether oxygens (including phenoxy) is 1. The third-order valence-electron chi connectivity index (χ3n) is 3.53. The minimum atomic E-state index is 0. The largest absolute Gasteiger partial charge is 0.381 e. The van der Waals surface area contributed by atoms with Crippen molar-refractivity contribution < 1.29 is 9.53 Å². The van der Waals surface area contributed by atoms with Gasteiger partial charge in [-0.2, -0.15) is 0 Å². The van der Waals surface area contributed by atoms with E-state index in [1.807, 2.05) is 23.1 Å². The van der Waals surface area contributed by atoms with Crippen LogP contribution in [0.4, 0.5) is 0 Å². The first-order valence-corrected chi connectivity index (χ1v) is 7.46. The van der Waals surface area contributed by atoms with Crippen LogP contribution in [0.25, 0.3) is 0 Å². The van der Waals surface area contributed by atoms with E-state index in [0.717, 1.165) is 45.6 Å². The molecule has 2 rings (SSSR count). The quantitative estimate of drug-likeness (QED) is 0.782. The summed E-state index contributed by atoms with van der Waals surface area (Å²) in [4.78, 5) is 13.8. The maximum Gasteiger partial charge on any atom is 0.222 e. The van der Waals surface area contributed by atoms with E-state index < -0.39 is 0 Å². The Morgan fingerprint density at radius 2 is 1.86 bits per heavy atom. The molecule has 0 saturated carbocycles. The zero-order chi connectivity index (χ0) is 14.0. The summed E-state index contributed by atoms with van der Waals surface area (Å²) in [7, 11) is 0.